The van der Waals surface area contributed by atoms with Crippen LogP contribution in [-0.2, 0) is 0 Å². The Balaban J connectivity index is 1.25. The van der Waals surface area contributed by atoms with Gasteiger partial charge in [-0.1, -0.05) is 48.5 Å². The number of fused-ring (bicyclic) bond motifs is 2. The number of benzene rings is 5. The van der Waals surface area contributed by atoms with E-state index in [-0.39, 0.29) is 6.17 Å². The maximum atomic E-state index is 2.47. The normalized spacial score (nSPS) is 17.0. The average Bonchev–Trinajstić information content (AvgIpc) is 3.43. The van der Waals surface area contributed by atoms with Crippen LogP contribution in [0.1, 0.15) is 57.6 Å². The fourth-order valence-corrected chi connectivity index (χ4v) is 8.71. The minimum absolute atomic E-state index is 0.107. The summed E-state index contributed by atoms with van der Waals surface area (Å²) in [6.45, 7) is 18.1. The molecule has 246 valence electrons. The van der Waals surface area contributed by atoms with Gasteiger partial charge in [0.15, 0.2) is 0 Å². The summed E-state index contributed by atoms with van der Waals surface area (Å²) in [5.41, 5.74) is 23.8. The molecule has 0 amide bonds. The van der Waals surface area contributed by atoms with Crippen LogP contribution >= 0.6 is 0 Å². The van der Waals surface area contributed by atoms with E-state index in [2.05, 4.69) is 176 Å². The molecule has 48 heavy (non-hydrogen) atoms. The van der Waals surface area contributed by atoms with Gasteiger partial charge in [-0.3, -0.25) is 0 Å². The Kier molecular flexibility index (Phi) is 7.62. The lowest BCUT2D eigenvalue weighted by atomic mass is 9.86. The topological polar surface area (TPSA) is 13.0 Å². The molecule has 0 saturated heterocycles. The summed E-state index contributed by atoms with van der Waals surface area (Å²) in [5, 5.41) is 0. The van der Waals surface area contributed by atoms with Crippen LogP contribution in [0.4, 0.5) is 22.7 Å². The van der Waals surface area contributed by atoms with Crippen molar-refractivity contribution in [1.82, 2.24) is 0 Å². The van der Waals surface area contributed by atoms with Gasteiger partial charge in [-0.2, -0.15) is 0 Å². The first-order valence-electron chi connectivity index (χ1n) is 17.3. The fraction of sp³-hybridized carbons (Fsp3) is 0.318. The molecular weight excluding hydrogens is 585 g/mol. The van der Waals surface area contributed by atoms with Crippen LogP contribution in [0.3, 0.4) is 0 Å². The van der Waals surface area contributed by atoms with Crippen molar-refractivity contribution in [3.8, 4) is 33.4 Å². The summed E-state index contributed by atoms with van der Waals surface area (Å²) in [5.74, 6) is 0. The quantitative estimate of drug-likeness (QED) is 0.195. The van der Waals surface area contributed by atoms with Crippen molar-refractivity contribution in [2.24, 2.45) is 0 Å². The molecule has 0 radical (unpaired) electrons. The molecule has 2 unspecified atom stereocenters. The first-order chi connectivity index (χ1) is 22.8. The van der Waals surface area contributed by atoms with Gasteiger partial charge in [0.05, 0.1) is 28.9 Å². The van der Waals surface area contributed by atoms with Crippen molar-refractivity contribution in [2.75, 3.05) is 47.8 Å². The van der Waals surface area contributed by atoms with Crippen molar-refractivity contribution < 1.29 is 0 Å². The second-order valence-corrected chi connectivity index (χ2v) is 14.5. The minimum atomic E-state index is 0.107. The van der Waals surface area contributed by atoms with Crippen LogP contribution in [0, 0.1) is 48.5 Å². The SMILES string of the molecule is Cc1cc(C)c(-c2ccc(-c3c(C)cc(C)c(C4N(C)c5ccc(-c6ccc7c(c6)N(C)C(C)N7C)cc5N4C)c3C)cc2)c(C)c1C. The third-order valence-corrected chi connectivity index (χ3v) is 11.8. The zero-order valence-corrected chi connectivity index (χ0v) is 30.9. The number of aryl methyl sites for hydroxylation is 4. The second kappa shape index (κ2) is 11.5. The Morgan fingerprint density at radius 1 is 0.396 bits per heavy atom. The molecule has 5 aromatic rings. The van der Waals surface area contributed by atoms with Crippen LogP contribution < -0.4 is 19.6 Å². The molecule has 4 heteroatoms. The summed E-state index contributed by atoms with van der Waals surface area (Å²) in [6, 6.07) is 27.9. The van der Waals surface area contributed by atoms with E-state index >= 15 is 0 Å². The van der Waals surface area contributed by atoms with E-state index in [4.69, 9.17) is 0 Å². The van der Waals surface area contributed by atoms with E-state index in [0.717, 1.165) is 0 Å². The van der Waals surface area contributed by atoms with Gasteiger partial charge in [0, 0.05) is 33.8 Å². The van der Waals surface area contributed by atoms with Gasteiger partial charge in [-0.15, -0.1) is 0 Å². The molecule has 2 aliphatic rings. The summed E-state index contributed by atoms with van der Waals surface area (Å²) in [7, 11) is 8.87. The summed E-state index contributed by atoms with van der Waals surface area (Å²) < 4.78 is 0. The summed E-state index contributed by atoms with van der Waals surface area (Å²) >= 11 is 0. The Bertz CT molecular complexity index is 2090. The number of hydrogen-bond acceptors (Lipinski definition) is 4. The number of rotatable bonds is 4. The van der Waals surface area contributed by atoms with Crippen molar-refractivity contribution in [3.63, 3.8) is 0 Å². The van der Waals surface area contributed by atoms with E-state index in [1.54, 1.807) is 0 Å². The van der Waals surface area contributed by atoms with Crippen molar-refractivity contribution in [3.05, 3.63) is 117 Å². The molecule has 5 aromatic carbocycles. The predicted molar refractivity (Wildman–Crippen MR) is 208 cm³/mol. The van der Waals surface area contributed by atoms with E-state index in [1.807, 2.05) is 0 Å². The third-order valence-electron chi connectivity index (χ3n) is 11.8. The first kappa shape index (κ1) is 31.9. The molecule has 0 fully saturated rings. The molecule has 0 aliphatic carbocycles. The van der Waals surface area contributed by atoms with Gasteiger partial charge < -0.3 is 19.6 Å². The Hall–Kier alpha value is -4.70. The van der Waals surface area contributed by atoms with Gasteiger partial charge in [0.1, 0.15) is 6.17 Å². The minimum Gasteiger partial charge on any atom is -0.353 e. The highest BCUT2D eigenvalue weighted by atomic mass is 15.4. The zero-order chi connectivity index (χ0) is 34.3. The molecule has 2 aliphatic heterocycles. The van der Waals surface area contributed by atoms with Crippen molar-refractivity contribution >= 4 is 22.7 Å². The van der Waals surface area contributed by atoms with Gasteiger partial charge in [-0.25, -0.2) is 0 Å². The molecule has 0 saturated carbocycles. The molecule has 0 aromatic heterocycles. The van der Waals surface area contributed by atoms with E-state index in [9.17, 15) is 0 Å². The lowest BCUT2D eigenvalue weighted by Crippen LogP contribution is -2.35. The zero-order valence-electron chi connectivity index (χ0n) is 30.9. The molecule has 4 nitrogen and oxygen atoms in total. The largest absolute Gasteiger partial charge is 0.353 e. The molecular formula is C44H50N4. The number of hydrogen-bond donors (Lipinski definition) is 0. The molecule has 0 N–H and O–H groups in total. The maximum Gasteiger partial charge on any atom is 0.128 e. The number of nitrogens with zero attached hydrogens (tertiary/aromatic N) is 4. The second-order valence-electron chi connectivity index (χ2n) is 14.5. The van der Waals surface area contributed by atoms with Gasteiger partial charge in [0.2, 0.25) is 0 Å². The Morgan fingerprint density at radius 2 is 0.812 bits per heavy atom. The smallest absolute Gasteiger partial charge is 0.128 e. The van der Waals surface area contributed by atoms with Gasteiger partial charge >= 0.3 is 0 Å². The highest BCUT2D eigenvalue weighted by Gasteiger charge is 2.35. The van der Waals surface area contributed by atoms with Crippen LogP contribution in [0.5, 0.6) is 0 Å². The lowest BCUT2D eigenvalue weighted by Gasteiger charge is -2.32. The molecule has 0 bridgehead atoms. The van der Waals surface area contributed by atoms with E-state index in [1.165, 1.54) is 101 Å². The van der Waals surface area contributed by atoms with Crippen molar-refractivity contribution in [1.29, 1.82) is 0 Å². The van der Waals surface area contributed by atoms with Crippen LogP contribution in [0.15, 0.2) is 72.8 Å². The predicted octanol–water partition coefficient (Wildman–Crippen LogP) is 10.7. The van der Waals surface area contributed by atoms with E-state index < -0.39 is 0 Å². The molecule has 7 rings (SSSR count). The van der Waals surface area contributed by atoms with Crippen LogP contribution in [-0.4, -0.2) is 34.4 Å². The molecule has 0 spiro atoms. The first-order valence-corrected chi connectivity index (χ1v) is 17.3. The Morgan fingerprint density at radius 3 is 1.38 bits per heavy atom. The van der Waals surface area contributed by atoms with Crippen LogP contribution in [0.25, 0.3) is 33.4 Å². The Labute approximate surface area is 288 Å². The fourth-order valence-electron chi connectivity index (χ4n) is 8.71. The summed E-state index contributed by atoms with van der Waals surface area (Å²) in [4.78, 5) is 9.63. The molecule has 2 atom stereocenters. The summed E-state index contributed by atoms with van der Waals surface area (Å²) in [6.07, 6.45) is 0.459. The number of anilines is 4. The van der Waals surface area contributed by atoms with Gasteiger partial charge in [-0.05, 0) is 152 Å². The van der Waals surface area contributed by atoms with Crippen LogP contribution in [0.2, 0.25) is 0 Å². The average molecular weight is 635 g/mol. The standard InChI is InChI=1S/C44H50N4/c1-25-21-26(2)41(30(6)29(25)5)33-13-15-34(16-14-33)42-27(3)22-28(4)43(31(42)7)44-47(11)38-20-18-36(24-40(38)48(44)12)35-17-19-37-39(23-35)46(10)32(8)45(37)9/h13-24,32,44H,1-12H3. The van der Waals surface area contributed by atoms with Gasteiger partial charge in [0.25, 0.3) is 0 Å². The highest BCUT2D eigenvalue weighted by molar-refractivity contribution is 5.88. The maximum absolute atomic E-state index is 2.47. The van der Waals surface area contributed by atoms with Crippen molar-refractivity contribution in [2.45, 2.75) is 67.7 Å². The molecule has 2 heterocycles. The highest BCUT2D eigenvalue weighted by Crippen LogP contribution is 2.49. The van der Waals surface area contributed by atoms with E-state index in [0.29, 0.717) is 6.17 Å². The lowest BCUT2D eigenvalue weighted by molar-refractivity contribution is 0.685. The third kappa shape index (κ3) is 4.71. The monoisotopic (exact) mass is 634 g/mol.